The molecule has 0 aromatic heterocycles. The number of carbonyl (C=O) groups is 2. The van der Waals surface area contributed by atoms with Gasteiger partial charge in [-0.3, -0.25) is 19.4 Å². The topological polar surface area (TPSA) is 101 Å². The summed E-state index contributed by atoms with van der Waals surface area (Å²) in [4.78, 5) is 28.4. The van der Waals surface area contributed by atoms with Crippen molar-refractivity contribution in [1.29, 1.82) is 0 Å². The molecule has 2 heterocycles. The number of piperazine rings is 1. The van der Waals surface area contributed by atoms with Crippen LogP contribution in [0.5, 0.6) is 0 Å². The molecule has 2 saturated heterocycles. The van der Waals surface area contributed by atoms with Crippen LogP contribution >= 0.6 is 0 Å². The molecule has 5 N–H and O–H groups in total. The molecular formula is C35H61N7O2. The molecule has 0 aliphatic carbocycles. The number of benzene rings is 2. The van der Waals surface area contributed by atoms with Crippen molar-refractivity contribution in [2.24, 2.45) is 0 Å². The lowest BCUT2D eigenvalue weighted by Crippen LogP contribution is -2.46. The van der Waals surface area contributed by atoms with Crippen LogP contribution < -0.4 is 26.6 Å². The average molecular weight is 612 g/mol. The van der Waals surface area contributed by atoms with Crippen molar-refractivity contribution >= 4 is 34.6 Å². The number of anilines is 4. The molecule has 9 nitrogen and oxygen atoms in total. The minimum absolute atomic E-state index is 0. The summed E-state index contributed by atoms with van der Waals surface area (Å²) in [5.41, 5.74) is 3.90. The number of piperidine rings is 1. The van der Waals surface area contributed by atoms with Gasteiger partial charge in [0, 0.05) is 60.0 Å². The smallest absolute Gasteiger partial charge is 0.238 e. The van der Waals surface area contributed by atoms with E-state index in [4.69, 9.17) is 0 Å². The molecule has 2 amide bonds. The number of nitrogens with zero attached hydrogens (tertiary/aromatic N) is 2. The van der Waals surface area contributed by atoms with E-state index in [2.05, 4.69) is 77.9 Å². The van der Waals surface area contributed by atoms with Crippen LogP contribution in [0.2, 0.25) is 0 Å². The van der Waals surface area contributed by atoms with E-state index >= 15 is 0 Å². The Bertz CT molecular complexity index is 1000. The molecule has 0 radical (unpaired) electrons. The van der Waals surface area contributed by atoms with E-state index in [-0.39, 0.29) is 37.7 Å². The summed E-state index contributed by atoms with van der Waals surface area (Å²) in [5.74, 6) is 0.127. The van der Waals surface area contributed by atoms with Crippen molar-refractivity contribution in [1.82, 2.24) is 15.1 Å². The predicted octanol–water partition coefficient (Wildman–Crippen LogP) is 6.33. The van der Waals surface area contributed by atoms with Crippen LogP contribution in [-0.2, 0) is 9.59 Å². The molecule has 4 rings (SSSR count). The molecule has 0 unspecified atom stereocenters. The van der Waals surface area contributed by atoms with Crippen LogP contribution in [-0.4, -0.2) is 85.1 Å². The lowest BCUT2D eigenvalue weighted by atomic mass is 10.1. The van der Waals surface area contributed by atoms with Gasteiger partial charge in [0.25, 0.3) is 0 Å². The van der Waals surface area contributed by atoms with Crippen molar-refractivity contribution in [2.75, 3.05) is 73.6 Å². The Labute approximate surface area is 267 Å². The third kappa shape index (κ3) is 16.1. The maximum absolute atomic E-state index is 12.0. The highest BCUT2D eigenvalue weighted by atomic mass is 16.2. The van der Waals surface area contributed by atoms with E-state index in [9.17, 15) is 9.59 Å². The fourth-order valence-electron chi connectivity index (χ4n) is 4.93. The Morgan fingerprint density at radius 2 is 0.932 bits per heavy atom. The standard InChI is InChI=1S/C17H27N3O.C16H26N4O.2CH4/c1-17(2,3)19-15-9-7-14(8-10-15)18-16(21)13-20-11-5-4-6-12-20;1-16(2,3)19-14-6-4-13(5-7-14)18-15(21)12-20-10-8-17-9-11-20;;/h7-10,19H,4-6,11-13H2,1-3H3,(H,18,21);4-7,17,19H,8-12H2,1-3H3,(H,18,21);2*1H4. The van der Waals surface area contributed by atoms with E-state index in [1.807, 2.05) is 48.5 Å². The normalized spacial score (nSPS) is 15.8. The first-order valence-electron chi connectivity index (χ1n) is 15.4. The monoisotopic (exact) mass is 611 g/mol. The van der Waals surface area contributed by atoms with Crippen LogP contribution in [0.1, 0.15) is 75.7 Å². The van der Waals surface area contributed by atoms with Crippen LogP contribution in [0.25, 0.3) is 0 Å². The van der Waals surface area contributed by atoms with Crippen molar-refractivity contribution in [3.63, 3.8) is 0 Å². The van der Waals surface area contributed by atoms with Crippen molar-refractivity contribution in [3.05, 3.63) is 48.5 Å². The van der Waals surface area contributed by atoms with Crippen molar-refractivity contribution in [2.45, 2.75) is 86.7 Å². The molecular weight excluding hydrogens is 550 g/mol. The summed E-state index contributed by atoms with van der Waals surface area (Å²) in [6.45, 7) is 19.6. The summed E-state index contributed by atoms with van der Waals surface area (Å²) in [6, 6.07) is 15.7. The first-order valence-corrected chi connectivity index (χ1v) is 15.4. The zero-order valence-electron chi connectivity index (χ0n) is 26.6. The Morgan fingerprint density at radius 1 is 0.591 bits per heavy atom. The Hall–Kier alpha value is -3.14. The summed E-state index contributed by atoms with van der Waals surface area (Å²) in [6.07, 6.45) is 3.71. The van der Waals surface area contributed by atoms with Gasteiger partial charge >= 0.3 is 0 Å². The van der Waals surface area contributed by atoms with Crippen LogP contribution in [0.4, 0.5) is 22.7 Å². The molecule has 0 spiro atoms. The average Bonchev–Trinajstić information content (AvgIpc) is 2.91. The fourth-order valence-corrected chi connectivity index (χ4v) is 4.93. The zero-order valence-corrected chi connectivity index (χ0v) is 26.6. The highest BCUT2D eigenvalue weighted by molar-refractivity contribution is 5.93. The molecule has 0 bridgehead atoms. The minimum atomic E-state index is 0. The highest BCUT2D eigenvalue weighted by Crippen LogP contribution is 2.19. The first-order chi connectivity index (χ1) is 19.8. The van der Waals surface area contributed by atoms with Gasteiger partial charge in [-0.1, -0.05) is 21.3 Å². The SMILES string of the molecule is C.C.CC(C)(C)Nc1ccc(NC(=O)CN2CCCCC2)cc1.CC(C)(C)Nc1ccc(NC(=O)CN2CCNCC2)cc1. The summed E-state index contributed by atoms with van der Waals surface area (Å²) < 4.78 is 0. The Balaban J connectivity index is 0.000000421. The largest absolute Gasteiger partial charge is 0.380 e. The maximum atomic E-state index is 12.0. The number of nitrogens with one attached hydrogen (secondary N) is 5. The predicted molar refractivity (Wildman–Crippen MR) is 190 cm³/mol. The molecule has 9 heteroatoms. The second kappa shape index (κ2) is 18.6. The first kappa shape index (κ1) is 38.9. The van der Waals surface area contributed by atoms with Crippen LogP contribution in [0.3, 0.4) is 0 Å². The van der Waals surface area contributed by atoms with Gasteiger partial charge < -0.3 is 26.6 Å². The number of rotatable bonds is 8. The van der Waals surface area contributed by atoms with E-state index in [0.29, 0.717) is 13.1 Å². The van der Waals surface area contributed by atoms with Gasteiger partial charge in [-0.05, 0) is 116 Å². The van der Waals surface area contributed by atoms with E-state index < -0.39 is 0 Å². The molecule has 2 fully saturated rings. The lowest BCUT2D eigenvalue weighted by molar-refractivity contribution is -0.118. The number of carbonyl (C=O) groups excluding carboxylic acids is 2. The second-order valence-electron chi connectivity index (χ2n) is 13.4. The molecule has 248 valence electrons. The quantitative estimate of drug-likeness (QED) is 0.238. The third-order valence-electron chi connectivity index (χ3n) is 6.77. The van der Waals surface area contributed by atoms with Gasteiger partial charge in [0.05, 0.1) is 13.1 Å². The number of likely N-dealkylation sites (tertiary alicyclic amines) is 1. The highest BCUT2D eigenvalue weighted by Gasteiger charge is 2.15. The fraction of sp³-hybridized carbons (Fsp3) is 0.600. The molecule has 2 aliphatic rings. The molecule has 2 aromatic rings. The van der Waals surface area contributed by atoms with Gasteiger partial charge in [-0.2, -0.15) is 0 Å². The Kier molecular flexibility index (Phi) is 16.5. The lowest BCUT2D eigenvalue weighted by Gasteiger charge is -2.26. The van der Waals surface area contributed by atoms with Crippen molar-refractivity contribution in [3.8, 4) is 0 Å². The van der Waals surface area contributed by atoms with Gasteiger partial charge in [-0.25, -0.2) is 0 Å². The van der Waals surface area contributed by atoms with Crippen LogP contribution in [0, 0.1) is 0 Å². The Morgan fingerprint density at radius 3 is 1.30 bits per heavy atom. The number of hydrogen-bond donors (Lipinski definition) is 5. The van der Waals surface area contributed by atoms with Gasteiger partial charge in [0.2, 0.25) is 11.8 Å². The van der Waals surface area contributed by atoms with Crippen LogP contribution in [0.15, 0.2) is 48.5 Å². The zero-order chi connectivity index (χ0) is 30.6. The minimum Gasteiger partial charge on any atom is -0.380 e. The molecule has 0 saturated carbocycles. The molecule has 44 heavy (non-hydrogen) atoms. The summed E-state index contributed by atoms with van der Waals surface area (Å²) >= 11 is 0. The van der Waals surface area contributed by atoms with E-state index in [0.717, 1.165) is 62.0 Å². The number of hydrogen-bond acceptors (Lipinski definition) is 7. The van der Waals surface area contributed by atoms with Gasteiger partial charge in [0.15, 0.2) is 0 Å². The molecule has 0 atom stereocenters. The van der Waals surface area contributed by atoms with E-state index in [1.54, 1.807) is 0 Å². The number of amides is 2. The van der Waals surface area contributed by atoms with E-state index in [1.165, 1.54) is 19.3 Å². The summed E-state index contributed by atoms with van der Waals surface area (Å²) in [5, 5.41) is 16.0. The maximum Gasteiger partial charge on any atom is 0.238 e. The third-order valence-corrected chi connectivity index (χ3v) is 6.77. The second-order valence-corrected chi connectivity index (χ2v) is 13.4. The van der Waals surface area contributed by atoms with Gasteiger partial charge in [-0.15, -0.1) is 0 Å². The summed E-state index contributed by atoms with van der Waals surface area (Å²) in [7, 11) is 0. The van der Waals surface area contributed by atoms with Gasteiger partial charge in [0.1, 0.15) is 0 Å². The van der Waals surface area contributed by atoms with Crippen molar-refractivity contribution < 1.29 is 9.59 Å². The molecule has 2 aliphatic heterocycles. The molecule has 2 aromatic carbocycles.